The van der Waals surface area contributed by atoms with Gasteiger partial charge in [0.05, 0.1) is 23.6 Å². The maximum atomic E-state index is 12.3. The molecule has 27 heavy (non-hydrogen) atoms. The van der Waals surface area contributed by atoms with Crippen LogP contribution in [0.15, 0.2) is 36.4 Å². The number of benzene rings is 1. The molecule has 1 aromatic heterocycles. The van der Waals surface area contributed by atoms with E-state index in [1.165, 1.54) is 18.3 Å². The highest BCUT2D eigenvalue weighted by molar-refractivity contribution is 7.14. The van der Waals surface area contributed by atoms with E-state index in [9.17, 15) is 14.4 Å². The van der Waals surface area contributed by atoms with Gasteiger partial charge < -0.3 is 14.8 Å². The molecule has 144 valence electrons. The third kappa shape index (κ3) is 6.21. The highest BCUT2D eigenvalue weighted by Crippen LogP contribution is 2.24. The third-order valence-electron chi connectivity index (χ3n) is 3.69. The number of ketones is 1. The number of ether oxygens (including phenoxy) is 2. The number of para-hydroxylation sites is 2. The second-order valence-corrected chi connectivity index (χ2v) is 7.17. The van der Waals surface area contributed by atoms with Crippen molar-refractivity contribution in [2.24, 2.45) is 0 Å². The highest BCUT2D eigenvalue weighted by atomic mass is 32.1. The molecule has 0 unspecified atom stereocenters. The van der Waals surface area contributed by atoms with Gasteiger partial charge in [-0.05, 0) is 45.0 Å². The van der Waals surface area contributed by atoms with E-state index in [1.54, 1.807) is 30.3 Å². The first-order chi connectivity index (χ1) is 12.9. The van der Waals surface area contributed by atoms with Crippen LogP contribution in [0.2, 0.25) is 0 Å². The van der Waals surface area contributed by atoms with Crippen LogP contribution in [0.1, 0.15) is 41.2 Å². The van der Waals surface area contributed by atoms with E-state index < -0.39 is 18.0 Å². The molecule has 7 heteroatoms. The summed E-state index contributed by atoms with van der Waals surface area (Å²) in [6.07, 6.45) is -0.991. The molecule has 1 N–H and O–H groups in total. The lowest BCUT2D eigenvalue weighted by molar-refractivity contribution is -0.153. The maximum Gasteiger partial charge on any atom is 0.307 e. The molecular weight excluding hydrogens is 366 g/mol. The fourth-order valence-corrected chi connectivity index (χ4v) is 3.15. The summed E-state index contributed by atoms with van der Waals surface area (Å²) in [5.74, 6) is -0.607. The van der Waals surface area contributed by atoms with Gasteiger partial charge in [-0.15, -0.1) is 11.3 Å². The van der Waals surface area contributed by atoms with Gasteiger partial charge in [-0.3, -0.25) is 14.4 Å². The second kappa shape index (κ2) is 9.87. The van der Waals surface area contributed by atoms with E-state index in [1.807, 2.05) is 19.9 Å². The summed E-state index contributed by atoms with van der Waals surface area (Å²) >= 11 is 1.40. The monoisotopic (exact) mass is 389 g/mol. The second-order valence-electron chi connectivity index (χ2n) is 5.88. The third-order valence-corrected chi connectivity index (χ3v) is 4.74. The van der Waals surface area contributed by atoms with Crippen LogP contribution in [-0.4, -0.2) is 30.4 Å². The van der Waals surface area contributed by atoms with Crippen LogP contribution in [0.25, 0.3) is 0 Å². The van der Waals surface area contributed by atoms with Crippen molar-refractivity contribution in [2.45, 2.75) is 39.7 Å². The van der Waals surface area contributed by atoms with Crippen LogP contribution in [0.3, 0.4) is 0 Å². The van der Waals surface area contributed by atoms with Crippen molar-refractivity contribution in [3.8, 4) is 5.75 Å². The summed E-state index contributed by atoms with van der Waals surface area (Å²) in [6, 6.07) is 10.6. The lowest BCUT2D eigenvalue weighted by Gasteiger charge is -2.15. The van der Waals surface area contributed by atoms with Gasteiger partial charge in [0, 0.05) is 11.3 Å². The molecule has 0 bridgehead atoms. The minimum absolute atomic E-state index is 0.0559. The number of carbonyl (C=O) groups is 3. The number of nitrogens with one attached hydrogen (secondary N) is 1. The SMILES string of the molecule is CCOc1ccccc1NC(=O)[C@H](C)OC(=O)CCC(=O)c1ccc(C)s1. The molecule has 1 atom stereocenters. The van der Waals surface area contributed by atoms with Gasteiger partial charge in [-0.2, -0.15) is 0 Å². The van der Waals surface area contributed by atoms with E-state index in [2.05, 4.69) is 5.32 Å². The summed E-state index contributed by atoms with van der Waals surface area (Å²) in [5.41, 5.74) is 0.510. The zero-order valence-corrected chi connectivity index (χ0v) is 16.4. The number of hydrogen-bond acceptors (Lipinski definition) is 6. The normalized spacial score (nSPS) is 11.5. The largest absolute Gasteiger partial charge is 0.492 e. The van der Waals surface area contributed by atoms with Crippen molar-refractivity contribution in [3.63, 3.8) is 0 Å². The molecule has 0 fully saturated rings. The Hall–Kier alpha value is -2.67. The van der Waals surface area contributed by atoms with Gasteiger partial charge in [0.2, 0.25) is 0 Å². The van der Waals surface area contributed by atoms with E-state index in [4.69, 9.17) is 9.47 Å². The quantitative estimate of drug-likeness (QED) is 0.518. The van der Waals surface area contributed by atoms with E-state index in [-0.39, 0.29) is 18.6 Å². The van der Waals surface area contributed by atoms with Crippen molar-refractivity contribution in [3.05, 3.63) is 46.2 Å². The number of thiophene rings is 1. The first-order valence-electron chi connectivity index (χ1n) is 8.72. The van der Waals surface area contributed by atoms with Crippen molar-refractivity contribution >= 4 is 34.7 Å². The van der Waals surface area contributed by atoms with Crippen LogP contribution in [-0.2, 0) is 14.3 Å². The molecular formula is C20H23NO5S. The minimum Gasteiger partial charge on any atom is -0.492 e. The molecule has 1 amide bonds. The summed E-state index contributed by atoms with van der Waals surface area (Å²) < 4.78 is 10.6. The van der Waals surface area contributed by atoms with Crippen molar-refractivity contribution in [1.82, 2.24) is 0 Å². The number of amides is 1. The molecule has 0 saturated carbocycles. The van der Waals surface area contributed by atoms with Gasteiger partial charge >= 0.3 is 5.97 Å². The highest BCUT2D eigenvalue weighted by Gasteiger charge is 2.20. The Kier molecular flexibility index (Phi) is 7.55. The first-order valence-corrected chi connectivity index (χ1v) is 9.54. The average Bonchev–Trinajstić information content (AvgIpc) is 3.08. The summed E-state index contributed by atoms with van der Waals surface area (Å²) in [5, 5.41) is 2.69. The number of rotatable bonds is 9. The maximum absolute atomic E-state index is 12.3. The molecule has 0 aliphatic rings. The lowest BCUT2D eigenvalue weighted by Crippen LogP contribution is -2.30. The van der Waals surface area contributed by atoms with Crippen molar-refractivity contribution < 1.29 is 23.9 Å². The Morgan fingerprint density at radius 2 is 1.85 bits per heavy atom. The predicted molar refractivity (Wildman–Crippen MR) is 104 cm³/mol. The van der Waals surface area contributed by atoms with Crippen LogP contribution in [0.4, 0.5) is 5.69 Å². The lowest BCUT2D eigenvalue weighted by atomic mass is 10.2. The number of esters is 1. The molecule has 0 aliphatic heterocycles. The predicted octanol–water partition coefficient (Wildman–Crippen LogP) is 3.99. The Labute approximate surface area is 162 Å². The van der Waals surface area contributed by atoms with Gasteiger partial charge in [-0.25, -0.2) is 0 Å². The Balaban J connectivity index is 1.83. The number of anilines is 1. The summed E-state index contributed by atoms with van der Waals surface area (Å²) in [4.78, 5) is 37.9. The zero-order chi connectivity index (χ0) is 19.8. The smallest absolute Gasteiger partial charge is 0.307 e. The van der Waals surface area contributed by atoms with Gasteiger partial charge in [-0.1, -0.05) is 12.1 Å². The Morgan fingerprint density at radius 1 is 1.11 bits per heavy atom. The fraction of sp³-hybridized carbons (Fsp3) is 0.350. The molecule has 0 radical (unpaired) electrons. The Morgan fingerprint density at radius 3 is 2.52 bits per heavy atom. The Bertz CT molecular complexity index is 814. The van der Waals surface area contributed by atoms with E-state index in [0.29, 0.717) is 22.9 Å². The van der Waals surface area contributed by atoms with Crippen LogP contribution in [0, 0.1) is 6.92 Å². The first kappa shape index (κ1) is 20.6. The van der Waals surface area contributed by atoms with Crippen LogP contribution < -0.4 is 10.1 Å². The standard InChI is InChI=1S/C20H23NO5S/c1-4-25-17-8-6-5-7-15(17)21-20(24)14(3)26-19(23)12-10-16(22)18-11-9-13(2)27-18/h5-9,11,14H,4,10,12H2,1-3H3,(H,21,24)/t14-/m0/s1. The van der Waals surface area contributed by atoms with Gasteiger partial charge in [0.25, 0.3) is 5.91 Å². The molecule has 0 saturated heterocycles. The fourth-order valence-electron chi connectivity index (χ4n) is 2.32. The molecule has 2 rings (SSSR count). The van der Waals surface area contributed by atoms with Crippen LogP contribution >= 0.6 is 11.3 Å². The van der Waals surface area contributed by atoms with Crippen LogP contribution in [0.5, 0.6) is 5.75 Å². The molecule has 1 heterocycles. The van der Waals surface area contributed by atoms with E-state index in [0.717, 1.165) is 4.88 Å². The average molecular weight is 389 g/mol. The van der Waals surface area contributed by atoms with E-state index >= 15 is 0 Å². The number of carbonyl (C=O) groups excluding carboxylic acids is 3. The topological polar surface area (TPSA) is 81.7 Å². The minimum atomic E-state index is -0.980. The van der Waals surface area contributed by atoms with Gasteiger partial charge in [0.15, 0.2) is 11.9 Å². The van der Waals surface area contributed by atoms with Gasteiger partial charge in [0.1, 0.15) is 5.75 Å². The summed E-state index contributed by atoms with van der Waals surface area (Å²) in [6.45, 7) is 5.72. The molecule has 0 aliphatic carbocycles. The van der Waals surface area contributed by atoms with Crippen molar-refractivity contribution in [2.75, 3.05) is 11.9 Å². The molecule has 2 aromatic rings. The summed E-state index contributed by atoms with van der Waals surface area (Å²) in [7, 11) is 0. The number of aryl methyl sites for hydroxylation is 1. The molecule has 1 aromatic carbocycles. The number of Topliss-reactive ketones (excluding diaryl/α,β-unsaturated/α-hetero) is 1. The molecule has 0 spiro atoms. The number of hydrogen-bond donors (Lipinski definition) is 1. The van der Waals surface area contributed by atoms with Crippen molar-refractivity contribution in [1.29, 1.82) is 0 Å². The molecule has 6 nitrogen and oxygen atoms in total. The zero-order valence-electron chi connectivity index (χ0n) is 15.6.